The van der Waals surface area contributed by atoms with E-state index in [2.05, 4.69) is 28.8 Å². The second kappa shape index (κ2) is 8.53. The average molecular weight is 325 g/mol. The molecular weight excluding hydrogens is 306 g/mol. The van der Waals surface area contributed by atoms with Crippen LogP contribution in [-0.4, -0.2) is 18.7 Å². The Morgan fingerprint density at radius 2 is 1.88 bits per heavy atom. The second-order valence-corrected chi connectivity index (χ2v) is 5.13. The highest BCUT2D eigenvalue weighted by atomic mass is 16.5. The number of hydrogen-bond acceptors (Lipinski definition) is 4. The highest BCUT2D eigenvalue weighted by molar-refractivity contribution is 5.88. The number of aromatic nitrogens is 1. The minimum atomic E-state index is -0.500. The Bertz CT molecular complexity index is 803. The molecule has 0 amide bonds. The number of hydrogen-bond donors (Lipinski definition) is 1. The van der Waals surface area contributed by atoms with E-state index in [1.54, 1.807) is 13.2 Å². The molecule has 0 aliphatic rings. The van der Waals surface area contributed by atoms with E-state index in [9.17, 15) is 5.11 Å². The van der Waals surface area contributed by atoms with Gasteiger partial charge in [-0.05, 0) is 23.1 Å². The standard InChI is InChI=1S/C18H17NO2.CH2O2/c1-21-17-8-7-15-10-12-19(13-16(15)18(17)20)11-9-14-5-3-2-4-6-14;2-1-3/h2-8,10,12-13H,9,11H2,1H3;1H,(H,2,3). The van der Waals surface area contributed by atoms with Gasteiger partial charge in [0.1, 0.15) is 0 Å². The number of nitrogens with zero attached hydrogens (tertiary/aromatic N) is 1. The third kappa shape index (κ3) is 4.23. The van der Waals surface area contributed by atoms with E-state index in [1.165, 1.54) is 5.56 Å². The summed E-state index contributed by atoms with van der Waals surface area (Å²) in [5.41, 5.74) is 1.31. The monoisotopic (exact) mass is 325 g/mol. The Labute approximate surface area is 140 Å². The summed E-state index contributed by atoms with van der Waals surface area (Å²) >= 11 is 0. The number of aromatic hydroxyl groups is 1. The van der Waals surface area contributed by atoms with Crippen LogP contribution in [0.5, 0.6) is 11.5 Å². The van der Waals surface area contributed by atoms with Crippen LogP contribution < -0.4 is 14.4 Å². The molecule has 24 heavy (non-hydrogen) atoms. The molecule has 1 heterocycles. The van der Waals surface area contributed by atoms with E-state index < -0.39 is 6.47 Å². The molecular formula is C19H19NO4. The van der Waals surface area contributed by atoms with Gasteiger partial charge in [0.15, 0.2) is 30.4 Å². The van der Waals surface area contributed by atoms with Crippen molar-refractivity contribution >= 4 is 17.2 Å². The van der Waals surface area contributed by atoms with Gasteiger partial charge in [0.25, 0.3) is 0 Å². The molecule has 1 N–H and O–H groups in total. The summed E-state index contributed by atoms with van der Waals surface area (Å²) in [6.07, 6.45) is 4.97. The summed E-state index contributed by atoms with van der Waals surface area (Å²) in [5, 5.41) is 20.3. The Hall–Kier alpha value is -3.08. The maximum absolute atomic E-state index is 10.2. The maximum atomic E-state index is 10.2. The van der Waals surface area contributed by atoms with Crippen LogP contribution in [0.2, 0.25) is 0 Å². The zero-order chi connectivity index (χ0) is 17.4. The first-order chi connectivity index (χ1) is 11.7. The van der Waals surface area contributed by atoms with Gasteiger partial charge in [-0.1, -0.05) is 30.3 Å². The first-order valence-corrected chi connectivity index (χ1v) is 7.48. The molecule has 0 fully saturated rings. The lowest BCUT2D eigenvalue weighted by Crippen LogP contribution is -2.33. The van der Waals surface area contributed by atoms with E-state index >= 15 is 0 Å². The fourth-order valence-corrected chi connectivity index (χ4v) is 2.48. The molecule has 3 rings (SSSR count). The van der Waals surface area contributed by atoms with Gasteiger partial charge < -0.3 is 19.7 Å². The number of carbonyl (C=O) groups is 1. The lowest BCUT2D eigenvalue weighted by molar-refractivity contribution is -0.695. The van der Waals surface area contributed by atoms with Crippen LogP contribution in [0.3, 0.4) is 0 Å². The minimum absolute atomic E-state index is 0.198. The normalized spacial score (nSPS) is 9.88. The molecule has 0 unspecified atom stereocenters. The fraction of sp³-hybridized carbons (Fsp3) is 0.158. The zero-order valence-corrected chi connectivity index (χ0v) is 13.4. The molecule has 0 aliphatic carbocycles. The number of phenolic OH excluding ortho intramolecular Hbond substituents is 1. The van der Waals surface area contributed by atoms with Crippen molar-refractivity contribution in [2.24, 2.45) is 0 Å². The number of rotatable bonds is 4. The number of fused-ring (bicyclic) bond motifs is 1. The fourth-order valence-electron chi connectivity index (χ4n) is 2.48. The first kappa shape index (κ1) is 17.3. The van der Waals surface area contributed by atoms with E-state index in [-0.39, 0.29) is 5.75 Å². The average Bonchev–Trinajstić information content (AvgIpc) is 2.62. The summed E-state index contributed by atoms with van der Waals surface area (Å²) in [4.78, 5) is 8.25. The van der Waals surface area contributed by atoms with Crippen LogP contribution in [0.25, 0.3) is 10.8 Å². The molecule has 5 heteroatoms. The number of methoxy groups -OCH3 is 1. The highest BCUT2D eigenvalue weighted by Gasteiger charge is 2.11. The van der Waals surface area contributed by atoms with Crippen molar-refractivity contribution in [2.45, 2.75) is 13.0 Å². The van der Waals surface area contributed by atoms with Gasteiger partial charge in [-0.15, -0.1) is 0 Å². The summed E-state index contributed by atoms with van der Waals surface area (Å²) in [6.45, 7) is 0.372. The molecule has 0 spiro atoms. The van der Waals surface area contributed by atoms with Crippen LogP contribution in [0.15, 0.2) is 60.9 Å². The summed E-state index contributed by atoms with van der Waals surface area (Å²) < 4.78 is 7.25. The van der Waals surface area contributed by atoms with E-state index in [4.69, 9.17) is 14.6 Å². The van der Waals surface area contributed by atoms with Crippen molar-refractivity contribution in [2.75, 3.05) is 7.11 Å². The van der Waals surface area contributed by atoms with Gasteiger partial charge in [-0.25, -0.2) is 4.57 Å². The van der Waals surface area contributed by atoms with Gasteiger partial charge in [0.2, 0.25) is 0 Å². The smallest absolute Gasteiger partial charge is 0.180 e. The number of pyridine rings is 1. The lowest BCUT2D eigenvalue weighted by Gasteiger charge is -2.06. The molecule has 0 saturated heterocycles. The summed E-state index contributed by atoms with van der Waals surface area (Å²) in [6, 6.07) is 16.1. The van der Waals surface area contributed by atoms with Crippen LogP contribution in [0.1, 0.15) is 5.56 Å². The zero-order valence-electron chi connectivity index (χ0n) is 13.4. The van der Waals surface area contributed by atoms with Gasteiger partial charge in [0.05, 0.1) is 12.5 Å². The minimum Gasteiger partial charge on any atom is -0.554 e. The molecule has 0 saturated carbocycles. The molecule has 0 atom stereocenters. The molecule has 0 bridgehead atoms. The Morgan fingerprint density at radius 1 is 1.17 bits per heavy atom. The topological polar surface area (TPSA) is 73.5 Å². The van der Waals surface area contributed by atoms with Gasteiger partial charge in [-0.2, -0.15) is 0 Å². The van der Waals surface area contributed by atoms with Gasteiger partial charge >= 0.3 is 0 Å². The Balaban J connectivity index is 0.000000647. The molecule has 124 valence electrons. The third-order valence-electron chi connectivity index (χ3n) is 3.68. The van der Waals surface area contributed by atoms with Crippen molar-refractivity contribution in [1.82, 2.24) is 0 Å². The van der Waals surface area contributed by atoms with Crippen LogP contribution in [-0.2, 0) is 17.8 Å². The van der Waals surface area contributed by atoms with Crippen LogP contribution in [0.4, 0.5) is 0 Å². The van der Waals surface area contributed by atoms with Gasteiger partial charge in [0, 0.05) is 19.0 Å². The Morgan fingerprint density at radius 3 is 2.54 bits per heavy atom. The molecule has 3 aromatic rings. The summed E-state index contributed by atoms with van der Waals surface area (Å²) in [7, 11) is 1.56. The van der Waals surface area contributed by atoms with Crippen LogP contribution >= 0.6 is 0 Å². The van der Waals surface area contributed by atoms with Crippen molar-refractivity contribution in [1.29, 1.82) is 0 Å². The van der Waals surface area contributed by atoms with E-state index in [1.807, 2.05) is 30.6 Å². The molecule has 1 aromatic heterocycles. The number of carbonyl (C=O) groups excluding carboxylic acids is 1. The number of aryl methyl sites for hydroxylation is 2. The number of carboxylic acid groups (broad SMARTS) is 1. The predicted molar refractivity (Wildman–Crippen MR) is 88.6 cm³/mol. The molecule has 2 aromatic carbocycles. The number of phenols is 1. The molecule has 5 nitrogen and oxygen atoms in total. The maximum Gasteiger partial charge on any atom is 0.180 e. The largest absolute Gasteiger partial charge is 0.554 e. The number of ether oxygens (including phenoxy) is 1. The first-order valence-electron chi connectivity index (χ1n) is 7.48. The van der Waals surface area contributed by atoms with E-state index in [0.717, 1.165) is 23.7 Å². The predicted octanol–water partition coefficient (Wildman–Crippen LogP) is 1.45. The SMILES string of the molecule is COc1ccc2cc[n+](CCc3ccccc3)cc2c1O.O=C[O-]. The van der Waals surface area contributed by atoms with Crippen molar-refractivity contribution in [3.8, 4) is 11.5 Å². The quantitative estimate of drug-likeness (QED) is 0.582. The lowest BCUT2D eigenvalue weighted by atomic mass is 10.1. The van der Waals surface area contributed by atoms with Gasteiger partial charge in [-0.3, -0.25) is 0 Å². The second-order valence-electron chi connectivity index (χ2n) is 5.13. The van der Waals surface area contributed by atoms with Crippen molar-refractivity contribution in [3.63, 3.8) is 0 Å². The van der Waals surface area contributed by atoms with E-state index in [0.29, 0.717) is 5.75 Å². The molecule has 0 aliphatic heterocycles. The van der Waals surface area contributed by atoms with Crippen molar-refractivity contribution < 1.29 is 24.3 Å². The highest BCUT2D eigenvalue weighted by Crippen LogP contribution is 2.33. The summed E-state index contributed by atoms with van der Waals surface area (Å²) in [5.74, 6) is 0.701. The third-order valence-corrected chi connectivity index (χ3v) is 3.68. The Kier molecular flexibility index (Phi) is 6.14. The van der Waals surface area contributed by atoms with Crippen molar-refractivity contribution in [3.05, 3.63) is 66.5 Å². The van der Waals surface area contributed by atoms with Crippen LogP contribution in [0, 0.1) is 0 Å². The molecule has 0 radical (unpaired) electrons. The number of benzene rings is 2.